The first-order chi connectivity index (χ1) is 15.8. The summed E-state index contributed by atoms with van der Waals surface area (Å²) >= 11 is 1.76. The summed E-state index contributed by atoms with van der Waals surface area (Å²) in [6.07, 6.45) is 1.15. The van der Waals surface area contributed by atoms with Crippen LogP contribution in [-0.4, -0.2) is 46.9 Å². The number of aliphatic carboxylic acids is 1. The summed E-state index contributed by atoms with van der Waals surface area (Å²) in [5.41, 5.74) is 2.56. The van der Waals surface area contributed by atoms with Gasteiger partial charge in [-0.15, -0.1) is 11.8 Å². The van der Waals surface area contributed by atoms with E-state index in [1.807, 2.05) is 37.3 Å². The normalized spacial score (nSPS) is 17.7. The maximum atomic E-state index is 12.9. The molecule has 0 radical (unpaired) electrons. The fourth-order valence-electron chi connectivity index (χ4n) is 3.80. The van der Waals surface area contributed by atoms with E-state index in [1.165, 1.54) is 0 Å². The number of thioether (sulfide) groups is 1. The molecule has 2 atom stereocenters. The summed E-state index contributed by atoms with van der Waals surface area (Å²) in [7, 11) is 1.65. The van der Waals surface area contributed by atoms with E-state index in [0.717, 1.165) is 28.3 Å². The Morgan fingerprint density at radius 2 is 1.85 bits per heavy atom. The van der Waals surface area contributed by atoms with Crippen molar-refractivity contribution < 1.29 is 24.2 Å². The fraction of sp³-hybridized carbons (Fsp3) is 0.423. The van der Waals surface area contributed by atoms with Gasteiger partial charge in [0.05, 0.1) is 31.2 Å². The van der Waals surface area contributed by atoms with Crippen LogP contribution in [0, 0.1) is 12.8 Å². The van der Waals surface area contributed by atoms with Crippen molar-refractivity contribution in [3.8, 4) is 11.5 Å². The lowest BCUT2D eigenvalue weighted by molar-refractivity contribution is -0.137. The molecule has 2 aromatic carbocycles. The molecule has 0 fully saturated rings. The molecule has 176 valence electrons. The number of carboxylic acids is 1. The van der Waals surface area contributed by atoms with Crippen LogP contribution in [0.3, 0.4) is 0 Å². The van der Waals surface area contributed by atoms with Crippen LogP contribution in [0.5, 0.6) is 11.5 Å². The van der Waals surface area contributed by atoms with Crippen molar-refractivity contribution in [2.45, 2.75) is 51.3 Å². The number of ether oxygens (including phenoxy) is 2. The van der Waals surface area contributed by atoms with Crippen molar-refractivity contribution in [2.24, 2.45) is 10.9 Å². The van der Waals surface area contributed by atoms with Crippen molar-refractivity contribution in [2.75, 3.05) is 13.7 Å². The molecular formula is C26H31NO5S. The molecular weight excluding hydrogens is 438 g/mol. The maximum absolute atomic E-state index is 12.9. The standard InChI is InChI=1S/C26H31NO5S/c1-16(2)25-23(33-26(27-25)18-5-8-20(31-4)9-6-18)12-10-21(28)19-7-11-22(17(3)15-19)32-14-13-24(29)30/h5-9,11,15-16,23,25H,10,12-14H2,1-4H3,(H,29,30). The predicted molar refractivity (Wildman–Crippen MR) is 132 cm³/mol. The van der Waals surface area contributed by atoms with Crippen molar-refractivity contribution in [1.82, 2.24) is 0 Å². The summed E-state index contributed by atoms with van der Waals surface area (Å²) in [5, 5.41) is 10.0. The zero-order valence-electron chi connectivity index (χ0n) is 19.5. The van der Waals surface area contributed by atoms with Gasteiger partial charge < -0.3 is 14.6 Å². The van der Waals surface area contributed by atoms with E-state index in [4.69, 9.17) is 19.6 Å². The van der Waals surface area contributed by atoms with Gasteiger partial charge in [0.1, 0.15) is 11.5 Å². The molecule has 1 aliphatic heterocycles. The summed E-state index contributed by atoms with van der Waals surface area (Å²) < 4.78 is 10.8. The second kappa shape index (κ2) is 11.4. The number of aliphatic imine (C=N–C) groups is 1. The number of benzene rings is 2. The molecule has 0 aliphatic carbocycles. The molecule has 6 nitrogen and oxygen atoms in total. The zero-order chi connectivity index (χ0) is 24.0. The molecule has 1 heterocycles. The zero-order valence-corrected chi connectivity index (χ0v) is 20.4. The molecule has 0 saturated carbocycles. The molecule has 2 unspecified atom stereocenters. The molecule has 1 N–H and O–H groups in total. The largest absolute Gasteiger partial charge is 0.497 e. The third-order valence-corrected chi connectivity index (χ3v) is 7.04. The van der Waals surface area contributed by atoms with E-state index < -0.39 is 5.97 Å². The van der Waals surface area contributed by atoms with Gasteiger partial charge in [-0.1, -0.05) is 13.8 Å². The maximum Gasteiger partial charge on any atom is 0.306 e. The van der Waals surface area contributed by atoms with Crippen LogP contribution in [0.25, 0.3) is 0 Å². The van der Waals surface area contributed by atoms with Crippen molar-refractivity contribution >= 4 is 28.6 Å². The Kier molecular flexibility index (Phi) is 8.55. The van der Waals surface area contributed by atoms with E-state index in [0.29, 0.717) is 23.7 Å². The lowest BCUT2D eigenvalue weighted by atomic mass is 9.96. The van der Waals surface area contributed by atoms with Gasteiger partial charge in [0, 0.05) is 22.8 Å². The average molecular weight is 470 g/mol. The number of carbonyl (C=O) groups is 2. The van der Waals surface area contributed by atoms with Crippen molar-refractivity contribution in [3.05, 3.63) is 59.2 Å². The minimum Gasteiger partial charge on any atom is -0.497 e. The number of carboxylic acid groups (broad SMARTS) is 1. The number of aryl methyl sites for hydroxylation is 1. The van der Waals surface area contributed by atoms with Crippen LogP contribution < -0.4 is 9.47 Å². The topological polar surface area (TPSA) is 85.2 Å². The van der Waals surface area contributed by atoms with Gasteiger partial charge in [-0.05, 0) is 67.3 Å². The van der Waals surface area contributed by atoms with Crippen LogP contribution in [-0.2, 0) is 4.79 Å². The Hall–Kier alpha value is -2.80. The number of carbonyl (C=O) groups excluding carboxylic acids is 1. The van der Waals surface area contributed by atoms with Gasteiger partial charge >= 0.3 is 5.97 Å². The highest BCUT2D eigenvalue weighted by atomic mass is 32.2. The SMILES string of the molecule is COc1ccc(C2=NC(C(C)C)C(CCC(=O)c3ccc(OCCC(=O)O)c(C)c3)S2)cc1. The predicted octanol–water partition coefficient (Wildman–Crippen LogP) is 5.41. The Labute approximate surface area is 199 Å². The van der Waals surface area contributed by atoms with Crippen LogP contribution in [0.15, 0.2) is 47.5 Å². The van der Waals surface area contributed by atoms with Crippen LogP contribution >= 0.6 is 11.8 Å². The molecule has 0 aromatic heterocycles. The number of hydrogen-bond acceptors (Lipinski definition) is 6. The Bertz CT molecular complexity index is 1020. The van der Waals surface area contributed by atoms with Crippen LogP contribution in [0.2, 0.25) is 0 Å². The lowest BCUT2D eigenvalue weighted by Gasteiger charge is -2.20. The first-order valence-electron chi connectivity index (χ1n) is 11.2. The smallest absolute Gasteiger partial charge is 0.306 e. The molecule has 0 bridgehead atoms. The van der Waals surface area contributed by atoms with E-state index in [1.54, 1.807) is 31.0 Å². The van der Waals surface area contributed by atoms with Crippen molar-refractivity contribution in [1.29, 1.82) is 0 Å². The van der Waals surface area contributed by atoms with E-state index in [2.05, 4.69) is 13.8 Å². The average Bonchev–Trinajstić information content (AvgIpc) is 3.23. The highest BCUT2D eigenvalue weighted by Gasteiger charge is 2.33. The molecule has 3 rings (SSSR count). The summed E-state index contributed by atoms with van der Waals surface area (Å²) in [6.45, 7) is 6.32. The first kappa shape index (κ1) is 24.8. The van der Waals surface area contributed by atoms with E-state index in [-0.39, 0.29) is 30.1 Å². The number of rotatable bonds is 11. The van der Waals surface area contributed by atoms with E-state index >= 15 is 0 Å². The Morgan fingerprint density at radius 1 is 1.12 bits per heavy atom. The van der Waals surface area contributed by atoms with Crippen molar-refractivity contribution in [3.63, 3.8) is 0 Å². The number of nitrogens with zero attached hydrogens (tertiary/aromatic N) is 1. The van der Waals surface area contributed by atoms with Crippen LogP contribution in [0.4, 0.5) is 0 Å². The molecule has 0 spiro atoms. The molecule has 2 aromatic rings. The second-order valence-electron chi connectivity index (χ2n) is 8.49. The molecule has 0 saturated heterocycles. The monoisotopic (exact) mass is 469 g/mol. The van der Waals surface area contributed by atoms with Gasteiger partial charge in [0.15, 0.2) is 5.78 Å². The summed E-state index contributed by atoms with van der Waals surface area (Å²) in [6, 6.07) is 13.4. The Balaban J connectivity index is 1.60. The summed E-state index contributed by atoms with van der Waals surface area (Å²) in [5.74, 6) is 1.01. The lowest BCUT2D eigenvalue weighted by Crippen LogP contribution is -2.24. The Morgan fingerprint density at radius 3 is 2.45 bits per heavy atom. The first-order valence-corrected chi connectivity index (χ1v) is 12.0. The van der Waals surface area contributed by atoms with Gasteiger partial charge in [0.2, 0.25) is 0 Å². The number of hydrogen-bond donors (Lipinski definition) is 1. The molecule has 0 amide bonds. The molecule has 7 heteroatoms. The van der Waals surface area contributed by atoms with Gasteiger partial charge in [0.25, 0.3) is 0 Å². The number of ketones is 1. The van der Waals surface area contributed by atoms with Gasteiger partial charge in [-0.3, -0.25) is 14.6 Å². The minimum atomic E-state index is -0.900. The summed E-state index contributed by atoms with van der Waals surface area (Å²) in [4.78, 5) is 28.5. The second-order valence-corrected chi connectivity index (χ2v) is 9.72. The van der Waals surface area contributed by atoms with Crippen LogP contribution in [0.1, 0.15) is 54.6 Å². The number of Topliss-reactive ketones (excluding diaryl/α,β-unsaturated/α-hetero) is 1. The molecule has 1 aliphatic rings. The quantitative estimate of drug-likeness (QED) is 0.443. The van der Waals surface area contributed by atoms with Gasteiger partial charge in [-0.25, -0.2) is 0 Å². The highest BCUT2D eigenvalue weighted by molar-refractivity contribution is 8.15. The number of methoxy groups -OCH3 is 1. The van der Waals surface area contributed by atoms with Gasteiger partial charge in [-0.2, -0.15) is 0 Å². The minimum absolute atomic E-state index is 0.0588. The third kappa shape index (κ3) is 6.60. The molecule has 33 heavy (non-hydrogen) atoms. The van der Waals surface area contributed by atoms with E-state index in [9.17, 15) is 9.59 Å². The highest BCUT2D eigenvalue weighted by Crippen LogP contribution is 2.37. The third-order valence-electron chi connectivity index (χ3n) is 5.66. The fourth-order valence-corrected chi connectivity index (χ4v) is 5.29.